The summed E-state index contributed by atoms with van der Waals surface area (Å²) in [4.78, 5) is 54.2. The molecule has 58 heavy (non-hydrogen) atoms. The van der Waals surface area contributed by atoms with Gasteiger partial charge in [-0.3, -0.25) is 14.4 Å². The van der Waals surface area contributed by atoms with Crippen molar-refractivity contribution >= 4 is 49.4 Å². The topological polar surface area (TPSA) is 206 Å². The lowest BCUT2D eigenvalue weighted by molar-refractivity contribution is -0.143. The summed E-state index contributed by atoms with van der Waals surface area (Å²) in [5, 5.41) is 29.7. The number of carboxylic acid groups (broad SMARTS) is 2. The van der Waals surface area contributed by atoms with Crippen molar-refractivity contribution in [3.05, 3.63) is 69.3 Å². The molecule has 0 fully saturated rings. The number of carbonyl (C=O) groups excluding carboxylic acids is 1. The molecule has 0 radical (unpaired) electrons. The molecule has 0 saturated heterocycles. The molecule has 2 aliphatic heterocycles. The van der Waals surface area contributed by atoms with E-state index in [2.05, 4.69) is 38.7 Å². The molecule has 5 heterocycles. The Hall–Kier alpha value is -5.47. The van der Waals surface area contributed by atoms with Gasteiger partial charge < -0.3 is 46.5 Å². The van der Waals surface area contributed by atoms with E-state index in [1.807, 2.05) is 12.1 Å². The van der Waals surface area contributed by atoms with Crippen molar-refractivity contribution < 1.29 is 51.1 Å². The molecule has 4 aromatic rings. The van der Waals surface area contributed by atoms with E-state index in [0.717, 1.165) is 36.9 Å². The fraction of sp³-hybridized carbons (Fsp3) is 0.452. The summed E-state index contributed by atoms with van der Waals surface area (Å²) in [5.41, 5.74) is 3.20. The van der Waals surface area contributed by atoms with Crippen LogP contribution in [0.4, 0.5) is 5.69 Å². The molecule has 16 heteroatoms. The molecule has 3 aromatic heterocycles. The number of nitrogens with zero attached hydrogens (tertiary/aromatic N) is 3. The van der Waals surface area contributed by atoms with Crippen LogP contribution in [0, 0.1) is 17.2 Å². The Labute approximate surface area is 336 Å². The van der Waals surface area contributed by atoms with Crippen LogP contribution in [0.2, 0.25) is 0 Å². The Morgan fingerprint density at radius 3 is 2.21 bits per heavy atom. The maximum absolute atomic E-state index is 13.9. The van der Waals surface area contributed by atoms with E-state index in [9.17, 15) is 29.5 Å². The highest BCUT2D eigenvalue weighted by Gasteiger charge is 2.43. The summed E-state index contributed by atoms with van der Waals surface area (Å²) in [6.07, 6.45) is 2.35. The molecule has 0 aliphatic carbocycles. The SMILES string of the molecule is CO[Si](CN(CCC(CCC(=O)O)C(=O)O)C(=O)/C(C#N)=C/c1ccc(-c2ccc(-c3cc4cc5c6c(c4oc3=O)C(C)(C)CCN6CCC5(C)C)o2)o1)(OC)OC. The summed E-state index contributed by atoms with van der Waals surface area (Å²) in [7, 11) is 0.574. The number of anilines is 1. The van der Waals surface area contributed by atoms with Crippen LogP contribution in [0.25, 0.3) is 39.9 Å². The molecule has 0 bridgehead atoms. The third kappa shape index (κ3) is 8.26. The number of fused-ring (bicyclic) bond motifs is 2. The fourth-order valence-corrected chi connectivity index (χ4v) is 9.54. The number of hydrogen-bond acceptors (Lipinski definition) is 12. The van der Waals surface area contributed by atoms with Gasteiger partial charge in [0.05, 0.1) is 12.1 Å². The van der Waals surface area contributed by atoms with Gasteiger partial charge in [-0.2, -0.15) is 5.26 Å². The van der Waals surface area contributed by atoms with Crippen LogP contribution in [0.15, 0.2) is 60.0 Å². The second-order valence-electron chi connectivity index (χ2n) is 16.1. The second kappa shape index (κ2) is 16.4. The zero-order valence-corrected chi connectivity index (χ0v) is 34.8. The normalized spacial score (nSPS) is 16.4. The summed E-state index contributed by atoms with van der Waals surface area (Å²) < 4.78 is 34.8. The number of rotatable bonds is 16. The summed E-state index contributed by atoms with van der Waals surface area (Å²) in [5.74, 6) is -3.23. The summed E-state index contributed by atoms with van der Waals surface area (Å²) in [6, 6.07) is 12.3. The highest BCUT2D eigenvalue weighted by molar-refractivity contribution is 6.61. The number of aliphatic carboxylic acids is 2. The number of benzene rings is 1. The Kier molecular flexibility index (Phi) is 11.9. The molecule has 0 spiro atoms. The van der Waals surface area contributed by atoms with Gasteiger partial charge in [0.25, 0.3) is 5.91 Å². The predicted octanol–water partition coefficient (Wildman–Crippen LogP) is 6.59. The number of nitriles is 1. The lowest BCUT2D eigenvalue weighted by Crippen LogP contribution is -2.55. The van der Waals surface area contributed by atoms with E-state index < -0.39 is 38.2 Å². The van der Waals surface area contributed by atoms with Crippen LogP contribution in [0.3, 0.4) is 0 Å². The Balaban J connectivity index is 1.28. The molecule has 1 amide bonds. The van der Waals surface area contributed by atoms with E-state index in [0.29, 0.717) is 5.58 Å². The van der Waals surface area contributed by atoms with E-state index in [1.165, 1.54) is 43.6 Å². The van der Waals surface area contributed by atoms with Crippen molar-refractivity contribution in [2.24, 2.45) is 5.92 Å². The number of furan rings is 2. The average Bonchev–Trinajstić information content (AvgIpc) is 3.87. The summed E-state index contributed by atoms with van der Waals surface area (Å²) >= 11 is 0. The lowest BCUT2D eigenvalue weighted by atomic mass is 9.69. The van der Waals surface area contributed by atoms with Gasteiger partial charge in [0, 0.05) is 70.1 Å². The van der Waals surface area contributed by atoms with Gasteiger partial charge in [-0.25, -0.2) is 4.79 Å². The Bertz CT molecular complexity index is 2350. The van der Waals surface area contributed by atoms with Crippen LogP contribution >= 0.6 is 0 Å². The quantitative estimate of drug-likeness (QED) is 0.0530. The summed E-state index contributed by atoms with van der Waals surface area (Å²) in [6.45, 7) is 10.6. The van der Waals surface area contributed by atoms with Crippen LogP contribution in [0.1, 0.15) is 76.7 Å². The van der Waals surface area contributed by atoms with Crippen molar-refractivity contribution in [1.82, 2.24) is 4.90 Å². The molecular formula is C42H49N3O12Si. The molecule has 1 aromatic carbocycles. The predicted molar refractivity (Wildman–Crippen MR) is 215 cm³/mol. The standard InChI is InChI=1S/C42H49N3O12Si/c1-41(2)15-18-44-19-16-42(3,4)35-36(44)30(41)22-26-21-29(40(51)57-37(26)35)31-11-12-33(56-31)32-10-9-28(55-32)20-27(23-43)38(48)45(24-58(52-5,53-6)54-7)17-14-25(39(49)50)8-13-34(46)47/h9-12,20-22,25H,8,13-19,24H2,1-7H3,(H,46,47)(H,49,50)/b27-20+. The first kappa shape index (κ1) is 42.1. The van der Waals surface area contributed by atoms with Crippen molar-refractivity contribution in [2.75, 3.05) is 52.0 Å². The minimum Gasteiger partial charge on any atom is -0.481 e. The van der Waals surface area contributed by atoms with Gasteiger partial charge in [-0.05, 0) is 78.5 Å². The van der Waals surface area contributed by atoms with E-state index in [1.54, 1.807) is 24.3 Å². The van der Waals surface area contributed by atoms with E-state index in [4.69, 9.17) is 31.6 Å². The molecular weight excluding hydrogens is 767 g/mol. The zero-order valence-electron chi connectivity index (χ0n) is 33.8. The minimum atomic E-state index is -3.48. The van der Waals surface area contributed by atoms with Crippen molar-refractivity contribution in [1.29, 1.82) is 5.26 Å². The van der Waals surface area contributed by atoms with E-state index >= 15 is 0 Å². The molecule has 6 rings (SSSR count). The maximum Gasteiger partial charge on any atom is 0.520 e. The molecule has 2 N–H and O–H groups in total. The van der Waals surface area contributed by atoms with Gasteiger partial charge in [-0.1, -0.05) is 27.7 Å². The molecule has 0 saturated carbocycles. The van der Waals surface area contributed by atoms with Gasteiger partial charge in [0.15, 0.2) is 11.5 Å². The minimum absolute atomic E-state index is 0.0626. The number of amides is 1. The van der Waals surface area contributed by atoms with Crippen LogP contribution < -0.4 is 10.5 Å². The first-order valence-electron chi connectivity index (χ1n) is 19.1. The van der Waals surface area contributed by atoms with Gasteiger partial charge in [0.1, 0.15) is 34.3 Å². The van der Waals surface area contributed by atoms with Gasteiger partial charge >= 0.3 is 26.4 Å². The third-order valence-electron chi connectivity index (χ3n) is 11.5. The largest absolute Gasteiger partial charge is 0.520 e. The highest BCUT2D eigenvalue weighted by atomic mass is 28.4. The monoisotopic (exact) mass is 815 g/mol. The van der Waals surface area contributed by atoms with Crippen molar-refractivity contribution in [2.45, 2.75) is 70.6 Å². The molecule has 308 valence electrons. The van der Waals surface area contributed by atoms with E-state index in [-0.39, 0.29) is 77.0 Å². The lowest BCUT2D eigenvalue weighted by Gasteiger charge is -2.48. The first-order valence-corrected chi connectivity index (χ1v) is 21.0. The molecule has 15 nitrogen and oxygen atoms in total. The molecule has 1 unspecified atom stereocenters. The Morgan fingerprint density at radius 2 is 1.57 bits per heavy atom. The number of carbonyl (C=O) groups is 3. The maximum atomic E-state index is 13.9. The second-order valence-corrected chi connectivity index (χ2v) is 19.0. The van der Waals surface area contributed by atoms with Crippen LogP contribution in [-0.2, 0) is 38.5 Å². The molecule has 2 aliphatic rings. The van der Waals surface area contributed by atoms with Crippen molar-refractivity contribution in [3.8, 4) is 28.9 Å². The smallest absolute Gasteiger partial charge is 0.481 e. The number of carboxylic acids is 2. The van der Waals surface area contributed by atoms with Crippen LogP contribution in [0.5, 0.6) is 0 Å². The zero-order chi connectivity index (χ0) is 42.2. The van der Waals surface area contributed by atoms with Crippen LogP contribution in [-0.4, -0.2) is 88.9 Å². The van der Waals surface area contributed by atoms with Gasteiger partial charge in [0.2, 0.25) is 0 Å². The highest BCUT2D eigenvalue weighted by Crippen LogP contribution is 2.52. The average molecular weight is 816 g/mol. The fourth-order valence-electron chi connectivity index (χ4n) is 7.89. The first-order chi connectivity index (χ1) is 27.5. The van der Waals surface area contributed by atoms with Crippen molar-refractivity contribution in [3.63, 3.8) is 0 Å². The number of hydrogen-bond donors (Lipinski definition) is 2. The van der Waals surface area contributed by atoms with Gasteiger partial charge in [-0.15, -0.1) is 0 Å². The Morgan fingerprint density at radius 1 is 0.931 bits per heavy atom. The molecule has 1 atom stereocenters. The third-order valence-corrected chi connectivity index (χ3v) is 14.2.